The van der Waals surface area contributed by atoms with Crippen molar-refractivity contribution in [2.75, 3.05) is 19.8 Å². The summed E-state index contributed by atoms with van der Waals surface area (Å²) in [6, 6.07) is 32.3. The molecule has 1 saturated heterocycles. The molecule has 1 fully saturated rings. The molecule has 272 valence electrons. The summed E-state index contributed by atoms with van der Waals surface area (Å²) >= 11 is 8.06. The molecule has 8 heteroatoms. The molecule has 5 aromatic rings. The number of rotatable bonds is 12. The Labute approximate surface area is 317 Å². The fraction of sp³-hybridized carbons (Fsp3) is 0.364. The monoisotopic (exact) mass is 736 g/mol. The van der Waals surface area contributed by atoms with E-state index >= 15 is 0 Å². The molecule has 1 aliphatic heterocycles. The van der Waals surface area contributed by atoms with Crippen LogP contribution in [0.25, 0.3) is 22.0 Å². The first-order chi connectivity index (χ1) is 24.8. The molecule has 0 spiro atoms. The number of fused-ring (bicyclic) bond motifs is 1. The van der Waals surface area contributed by atoms with Gasteiger partial charge in [0.05, 0.1) is 18.1 Å². The molecule has 0 bridgehead atoms. The number of esters is 1. The van der Waals surface area contributed by atoms with Gasteiger partial charge in [0.2, 0.25) is 0 Å². The zero-order chi connectivity index (χ0) is 37.0. The summed E-state index contributed by atoms with van der Waals surface area (Å²) in [5, 5.41) is 1.78. The number of likely N-dealkylation sites (tertiary alicyclic amines) is 1. The molecule has 1 amide bonds. The highest BCUT2D eigenvalue weighted by Gasteiger charge is 2.34. The summed E-state index contributed by atoms with van der Waals surface area (Å²) in [5.74, 6) is 0.588. The Morgan fingerprint density at radius 2 is 1.58 bits per heavy atom. The van der Waals surface area contributed by atoms with Crippen molar-refractivity contribution in [3.05, 3.63) is 119 Å². The van der Waals surface area contributed by atoms with Gasteiger partial charge in [-0.3, -0.25) is 9.59 Å². The molecular weight excluding hydrogens is 688 g/mol. The van der Waals surface area contributed by atoms with Crippen LogP contribution in [0.5, 0.6) is 5.75 Å². The van der Waals surface area contributed by atoms with Crippen molar-refractivity contribution >= 4 is 46.1 Å². The van der Waals surface area contributed by atoms with E-state index in [2.05, 4.69) is 61.7 Å². The fourth-order valence-corrected chi connectivity index (χ4v) is 8.19. The van der Waals surface area contributed by atoms with Crippen LogP contribution in [0.4, 0.5) is 0 Å². The summed E-state index contributed by atoms with van der Waals surface area (Å²) in [5.41, 5.74) is 5.44. The van der Waals surface area contributed by atoms with Gasteiger partial charge in [-0.05, 0) is 92.8 Å². The lowest BCUT2D eigenvalue weighted by atomic mass is 9.87. The quantitative estimate of drug-likeness (QED) is 0.0943. The number of carbonyl (C=O) groups is 2. The van der Waals surface area contributed by atoms with Crippen LogP contribution in [0.3, 0.4) is 0 Å². The number of hydrogen-bond donors (Lipinski definition) is 0. The van der Waals surface area contributed by atoms with Gasteiger partial charge in [0.15, 0.2) is 0 Å². The third-order valence-electron chi connectivity index (χ3n) is 9.51. The first-order valence-corrected chi connectivity index (χ1v) is 19.4. The second-order valence-electron chi connectivity index (χ2n) is 15.2. The Balaban J connectivity index is 1.29. The van der Waals surface area contributed by atoms with Gasteiger partial charge in [0.25, 0.3) is 5.91 Å². The predicted octanol–water partition coefficient (Wildman–Crippen LogP) is 10.7. The van der Waals surface area contributed by atoms with Gasteiger partial charge >= 0.3 is 5.97 Å². The van der Waals surface area contributed by atoms with E-state index in [4.69, 9.17) is 21.1 Å². The minimum Gasteiger partial charge on any atom is -0.491 e. The van der Waals surface area contributed by atoms with Gasteiger partial charge in [0.1, 0.15) is 12.4 Å². The topological polar surface area (TPSA) is 60.8 Å². The number of nitrogens with zero attached hydrogens (tertiary/aromatic N) is 2. The third kappa shape index (κ3) is 8.70. The lowest BCUT2D eigenvalue weighted by molar-refractivity contribution is -0.153. The first-order valence-electron chi connectivity index (χ1n) is 18.2. The van der Waals surface area contributed by atoms with Crippen molar-refractivity contribution in [1.82, 2.24) is 9.47 Å². The zero-order valence-corrected chi connectivity index (χ0v) is 32.7. The molecule has 0 radical (unpaired) electrons. The van der Waals surface area contributed by atoms with Crippen molar-refractivity contribution < 1.29 is 19.1 Å². The van der Waals surface area contributed by atoms with Crippen LogP contribution in [0, 0.1) is 5.41 Å². The van der Waals surface area contributed by atoms with Crippen molar-refractivity contribution in [3.63, 3.8) is 0 Å². The molecule has 52 heavy (non-hydrogen) atoms. The highest BCUT2D eigenvalue weighted by Crippen LogP contribution is 2.44. The molecule has 4 aromatic carbocycles. The number of carbonyl (C=O) groups excluding carboxylic acids is 2. The molecule has 1 unspecified atom stereocenters. The Morgan fingerprint density at radius 1 is 0.885 bits per heavy atom. The van der Waals surface area contributed by atoms with Crippen LogP contribution in [-0.4, -0.2) is 51.9 Å². The number of amides is 1. The van der Waals surface area contributed by atoms with Crippen molar-refractivity contribution in [1.29, 1.82) is 0 Å². The summed E-state index contributed by atoms with van der Waals surface area (Å²) in [6.07, 6.45) is 2.35. The maximum absolute atomic E-state index is 13.7. The van der Waals surface area contributed by atoms with Crippen LogP contribution in [0.1, 0.15) is 76.0 Å². The summed E-state index contributed by atoms with van der Waals surface area (Å²) in [4.78, 5) is 30.0. The second kappa shape index (κ2) is 15.8. The van der Waals surface area contributed by atoms with Crippen molar-refractivity contribution in [2.24, 2.45) is 5.41 Å². The van der Waals surface area contributed by atoms with Gasteiger partial charge in [0, 0.05) is 56.3 Å². The highest BCUT2D eigenvalue weighted by molar-refractivity contribution is 8.00. The molecule has 1 aliphatic rings. The number of halogens is 1. The largest absolute Gasteiger partial charge is 0.491 e. The molecule has 6 rings (SSSR count). The van der Waals surface area contributed by atoms with E-state index in [1.165, 1.54) is 0 Å². The van der Waals surface area contributed by atoms with Gasteiger partial charge < -0.3 is 18.9 Å². The molecule has 6 nitrogen and oxygen atoms in total. The average molecular weight is 737 g/mol. The average Bonchev–Trinajstić information content (AvgIpc) is 3.70. The van der Waals surface area contributed by atoms with Crippen molar-refractivity contribution in [3.8, 4) is 16.9 Å². The minimum atomic E-state index is -0.741. The molecular formula is C44H49ClN2O4S. The van der Waals surface area contributed by atoms with Gasteiger partial charge in [-0.15, -0.1) is 11.8 Å². The maximum Gasteiger partial charge on any atom is 0.311 e. The Bertz CT molecular complexity index is 2010. The van der Waals surface area contributed by atoms with Gasteiger partial charge in [-0.25, -0.2) is 0 Å². The Morgan fingerprint density at radius 3 is 2.25 bits per heavy atom. The summed E-state index contributed by atoms with van der Waals surface area (Å²) < 4.78 is 14.3. The number of thioether (sulfide) groups is 1. The fourth-order valence-electron chi connectivity index (χ4n) is 6.88. The lowest BCUT2D eigenvalue weighted by Crippen LogP contribution is -2.39. The molecule has 0 N–H and O–H groups in total. The van der Waals surface area contributed by atoms with E-state index in [0.29, 0.717) is 43.3 Å². The first kappa shape index (κ1) is 37.6. The normalized spacial score (nSPS) is 14.9. The number of hydrogen-bond acceptors (Lipinski definition) is 5. The third-order valence-corrected chi connectivity index (χ3v) is 11.0. The maximum atomic E-state index is 13.7. The van der Waals surface area contributed by atoms with Crippen LogP contribution in [0.2, 0.25) is 5.02 Å². The van der Waals surface area contributed by atoms with E-state index in [0.717, 1.165) is 56.8 Å². The predicted molar refractivity (Wildman–Crippen MR) is 214 cm³/mol. The van der Waals surface area contributed by atoms with Crippen LogP contribution >= 0.6 is 23.4 Å². The summed E-state index contributed by atoms with van der Waals surface area (Å²) in [7, 11) is 0. The molecule has 0 saturated carbocycles. The standard InChI is InChI=1S/C44H49ClN2O4S/c1-7-50-42(49)44(5,6)27-39-40(52-43(2,3)4)37-26-36(23-24-38(37)47(39)28-30-15-21-34(45)22-16-30)51-29-35-14-11-25-46(35)41(48)33-19-17-32(18-20-33)31-12-9-8-10-13-31/h8-10,12-13,15-24,26,35H,7,11,14,25,27-29H2,1-6H3. The van der Waals surface area contributed by atoms with E-state index in [9.17, 15) is 9.59 Å². The van der Waals surface area contributed by atoms with Crippen LogP contribution in [0.15, 0.2) is 102 Å². The molecule has 1 atom stereocenters. The number of benzene rings is 4. The molecule has 0 aliphatic carbocycles. The number of aromatic nitrogens is 1. The Kier molecular flexibility index (Phi) is 11.4. The van der Waals surface area contributed by atoms with Crippen LogP contribution in [-0.2, 0) is 22.5 Å². The van der Waals surface area contributed by atoms with Crippen molar-refractivity contribution in [2.45, 2.75) is 83.0 Å². The summed E-state index contributed by atoms with van der Waals surface area (Å²) in [6.45, 7) is 14.5. The number of ether oxygens (including phenoxy) is 2. The molecule has 1 aromatic heterocycles. The SMILES string of the molecule is CCOC(=O)C(C)(C)Cc1c(SC(C)(C)C)c2cc(OCC3CCCN3C(=O)c3ccc(-c4ccccc4)cc3)ccc2n1Cc1ccc(Cl)cc1. The van der Waals surface area contributed by atoms with Gasteiger partial charge in [-0.1, -0.05) is 87.0 Å². The highest BCUT2D eigenvalue weighted by atomic mass is 35.5. The van der Waals surface area contributed by atoms with E-state index < -0.39 is 5.41 Å². The molecule has 2 heterocycles. The van der Waals surface area contributed by atoms with E-state index in [1.54, 1.807) is 0 Å². The Hall–Kier alpha value is -4.20. The van der Waals surface area contributed by atoms with Gasteiger partial charge in [-0.2, -0.15) is 0 Å². The minimum absolute atomic E-state index is 0.0177. The second-order valence-corrected chi connectivity index (χ2v) is 17.5. The van der Waals surface area contributed by atoms with E-state index in [-0.39, 0.29) is 22.7 Å². The zero-order valence-electron chi connectivity index (χ0n) is 31.1. The lowest BCUT2D eigenvalue weighted by Gasteiger charge is -2.26. The van der Waals surface area contributed by atoms with E-state index in [1.807, 2.05) is 98.1 Å². The smallest absolute Gasteiger partial charge is 0.311 e. The van der Waals surface area contributed by atoms with Crippen LogP contribution < -0.4 is 4.74 Å².